The lowest BCUT2D eigenvalue weighted by Gasteiger charge is -2.21. The highest BCUT2D eigenvalue weighted by molar-refractivity contribution is 5.78. The molecule has 2 heterocycles. The Kier molecular flexibility index (Phi) is 2.12. The smallest absolute Gasteiger partial charge is 0.231 e. The van der Waals surface area contributed by atoms with Crippen LogP contribution in [0.5, 0.6) is 23.0 Å². The fraction of sp³-hybridized carbons (Fsp3) is 0.200. The Bertz CT molecular complexity index is 663. The molecule has 2 aliphatic heterocycles. The first-order valence-corrected chi connectivity index (χ1v) is 6.09. The Morgan fingerprint density at radius 1 is 0.895 bits per heavy atom. The molecule has 4 nitrogen and oxygen atoms in total. The Hall–Kier alpha value is -2.36. The topological polar surface area (TPSA) is 36.9 Å². The summed E-state index contributed by atoms with van der Waals surface area (Å²) in [5.41, 5.74) is 3.24. The zero-order valence-electron chi connectivity index (χ0n) is 10.4. The lowest BCUT2D eigenvalue weighted by Crippen LogP contribution is -2.05. The summed E-state index contributed by atoms with van der Waals surface area (Å²) in [6.45, 7) is 0.829. The Labute approximate surface area is 110 Å². The van der Waals surface area contributed by atoms with Crippen molar-refractivity contribution in [2.24, 2.45) is 0 Å². The molecule has 2 aliphatic rings. The molecule has 0 aliphatic carbocycles. The summed E-state index contributed by atoms with van der Waals surface area (Å²) < 4.78 is 21.9. The van der Waals surface area contributed by atoms with Crippen LogP contribution in [0.15, 0.2) is 30.3 Å². The molecule has 0 fully saturated rings. The second-order valence-corrected chi connectivity index (χ2v) is 4.51. The quantitative estimate of drug-likeness (QED) is 0.786. The van der Waals surface area contributed by atoms with Crippen LogP contribution in [0.4, 0.5) is 0 Å². The molecule has 0 N–H and O–H groups in total. The number of fused-ring (bicyclic) bond motifs is 4. The minimum atomic E-state index is 0.282. The first-order valence-electron chi connectivity index (χ1n) is 6.09. The van der Waals surface area contributed by atoms with Gasteiger partial charge in [-0.2, -0.15) is 0 Å². The predicted molar refractivity (Wildman–Crippen MR) is 68.9 cm³/mol. The van der Waals surface area contributed by atoms with Gasteiger partial charge in [-0.1, -0.05) is 0 Å². The Balaban J connectivity index is 1.93. The number of ether oxygens (including phenoxy) is 4. The summed E-state index contributed by atoms with van der Waals surface area (Å²) in [5, 5.41) is 0. The van der Waals surface area contributed by atoms with Crippen LogP contribution < -0.4 is 18.9 Å². The van der Waals surface area contributed by atoms with E-state index in [2.05, 4.69) is 0 Å². The van der Waals surface area contributed by atoms with E-state index in [4.69, 9.17) is 18.9 Å². The first-order chi connectivity index (χ1) is 9.35. The van der Waals surface area contributed by atoms with Crippen LogP contribution in [0, 0.1) is 0 Å². The second-order valence-electron chi connectivity index (χ2n) is 4.51. The van der Waals surface area contributed by atoms with Crippen molar-refractivity contribution in [3.8, 4) is 34.1 Å². The van der Waals surface area contributed by atoms with Gasteiger partial charge in [-0.05, 0) is 35.9 Å². The third-order valence-electron chi connectivity index (χ3n) is 3.46. The van der Waals surface area contributed by atoms with E-state index in [9.17, 15) is 0 Å². The monoisotopic (exact) mass is 256 g/mol. The summed E-state index contributed by atoms with van der Waals surface area (Å²) in [5.74, 6) is 3.25. The summed E-state index contributed by atoms with van der Waals surface area (Å²) in [7, 11) is 1.66. The molecule has 0 bridgehead atoms. The average Bonchev–Trinajstić information content (AvgIpc) is 2.91. The van der Waals surface area contributed by atoms with Crippen LogP contribution in [-0.4, -0.2) is 13.9 Å². The third-order valence-corrected chi connectivity index (χ3v) is 3.46. The van der Waals surface area contributed by atoms with Crippen molar-refractivity contribution < 1.29 is 18.9 Å². The van der Waals surface area contributed by atoms with Crippen molar-refractivity contribution in [2.45, 2.75) is 6.61 Å². The maximum absolute atomic E-state index is 5.76. The lowest BCUT2D eigenvalue weighted by atomic mass is 9.96. The Morgan fingerprint density at radius 3 is 2.58 bits per heavy atom. The molecule has 2 aromatic carbocycles. The van der Waals surface area contributed by atoms with Gasteiger partial charge in [0.2, 0.25) is 6.79 Å². The first kappa shape index (κ1) is 10.6. The minimum Gasteiger partial charge on any atom is -0.497 e. The normalized spacial score (nSPS) is 14.4. The van der Waals surface area contributed by atoms with Gasteiger partial charge in [0.05, 0.1) is 7.11 Å². The fourth-order valence-corrected chi connectivity index (χ4v) is 2.48. The summed E-state index contributed by atoms with van der Waals surface area (Å²) in [6.07, 6.45) is 0. The molecule has 4 rings (SSSR count). The molecule has 0 atom stereocenters. The number of hydrogen-bond acceptors (Lipinski definition) is 4. The van der Waals surface area contributed by atoms with Crippen molar-refractivity contribution in [1.29, 1.82) is 0 Å². The SMILES string of the molecule is COc1ccc2c(c1)-c1cc3c(cc1CO2)OCO3. The van der Waals surface area contributed by atoms with Gasteiger partial charge < -0.3 is 18.9 Å². The van der Waals surface area contributed by atoms with Crippen LogP contribution in [0.25, 0.3) is 11.1 Å². The van der Waals surface area contributed by atoms with Gasteiger partial charge in [-0.25, -0.2) is 0 Å². The van der Waals surface area contributed by atoms with Crippen LogP contribution in [0.1, 0.15) is 5.56 Å². The van der Waals surface area contributed by atoms with Crippen molar-refractivity contribution in [2.75, 3.05) is 13.9 Å². The summed E-state index contributed by atoms with van der Waals surface area (Å²) in [4.78, 5) is 0. The van der Waals surface area contributed by atoms with Gasteiger partial charge in [0.15, 0.2) is 11.5 Å². The maximum Gasteiger partial charge on any atom is 0.231 e. The number of rotatable bonds is 1. The van der Waals surface area contributed by atoms with E-state index in [0.717, 1.165) is 39.7 Å². The highest BCUT2D eigenvalue weighted by Crippen LogP contribution is 2.45. The van der Waals surface area contributed by atoms with Crippen LogP contribution in [-0.2, 0) is 6.61 Å². The zero-order valence-corrected chi connectivity index (χ0v) is 10.4. The highest BCUT2D eigenvalue weighted by Gasteiger charge is 2.23. The summed E-state index contributed by atoms with van der Waals surface area (Å²) >= 11 is 0. The standard InChI is InChI=1S/C15H12O4/c1-16-10-2-3-13-12(5-10)11-6-15-14(18-8-19-15)4-9(11)7-17-13/h2-6H,7-8H2,1H3. The van der Waals surface area contributed by atoms with Crippen molar-refractivity contribution in [3.63, 3.8) is 0 Å². The van der Waals surface area contributed by atoms with Gasteiger partial charge in [-0.15, -0.1) is 0 Å². The molecule has 0 aromatic heterocycles. The van der Waals surface area contributed by atoms with E-state index in [1.165, 1.54) is 0 Å². The van der Waals surface area contributed by atoms with Crippen molar-refractivity contribution >= 4 is 0 Å². The van der Waals surface area contributed by atoms with Crippen molar-refractivity contribution in [3.05, 3.63) is 35.9 Å². The molecular weight excluding hydrogens is 244 g/mol. The minimum absolute atomic E-state index is 0.282. The van der Waals surface area contributed by atoms with Gasteiger partial charge >= 0.3 is 0 Å². The highest BCUT2D eigenvalue weighted by atomic mass is 16.7. The number of methoxy groups -OCH3 is 1. The van der Waals surface area contributed by atoms with E-state index in [-0.39, 0.29) is 6.79 Å². The Morgan fingerprint density at radius 2 is 1.74 bits per heavy atom. The van der Waals surface area contributed by atoms with Crippen LogP contribution in [0.3, 0.4) is 0 Å². The van der Waals surface area contributed by atoms with E-state index in [1.807, 2.05) is 30.3 Å². The molecular formula is C15H12O4. The number of benzene rings is 2. The molecule has 0 saturated heterocycles. The van der Waals surface area contributed by atoms with Gasteiger partial charge in [-0.3, -0.25) is 0 Å². The molecule has 0 spiro atoms. The predicted octanol–water partition coefficient (Wildman–Crippen LogP) is 2.98. The second kappa shape index (κ2) is 3.82. The third kappa shape index (κ3) is 1.53. The van der Waals surface area contributed by atoms with Gasteiger partial charge in [0, 0.05) is 11.1 Å². The van der Waals surface area contributed by atoms with E-state index >= 15 is 0 Å². The van der Waals surface area contributed by atoms with E-state index in [1.54, 1.807) is 7.11 Å². The van der Waals surface area contributed by atoms with E-state index in [0.29, 0.717) is 6.61 Å². The molecule has 4 heteroatoms. The molecule has 0 radical (unpaired) electrons. The largest absolute Gasteiger partial charge is 0.497 e. The van der Waals surface area contributed by atoms with Crippen LogP contribution in [0.2, 0.25) is 0 Å². The molecule has 0 amide bonds. The van der Waals surface area contributed by atoms with Gasteiger partial charge in [0.25, 0.3) is 0 Å². The van der Waals surface area contributed by atoms with Crippen molar-refractivity contribution in [1.82, 2.24) is 0 Å². The molecule has 2 aromatic rings. The lowest BCUT2D eigenvalue weighted by molar-refractivity contribution is 0.174. The van der Waals surface area contributed by atoms with E-state index < -0.39 is 0 Å². The average molecular weight is 256 g/mol. The maximum atomic E-state index is 5.76. The summed E-state index contributed by atoms with van der Waals surface area (Å²) in [6, 6.07) is 9.81. The van der Waals surface area contributed by atoms with Gasteiger partial charge in [0.1, 0.15) is 18.1 Å². The fourth-order valence-electron chi connectivity index (χ4n) is 2.48. The zero-order chi connectivity index (χ0) is 12.8. The van der Waals surface area contributed by atoms with Crippen LogP contribution >= 0.6 is 0 Å². The number of hydrogen-bond donors (Lipinski definition) is 0. The molecule has 0 saturated carbocycles. The molecule has 0 unspecified atom stereocenters. The molecule has 19 heavy (non-hydrogen) atoms. The molecule has 96 valence electrons.